The van der Waals surface area contributed by atoms with Crippen molar-refractivity contribution < 1.29 is 19.4 Å². The fourth-order valence-electron chi connectivity index (χ4n) is 2.18. The Bertz CT molecular complexity index is 480. The number of carboxylic acid groups (broad SMARTS) is 1. The molecule has 1 N–H and O–H groups in total. The molecule has 0 fully saturated rings. The highest BCUT2D eigenvalue weighted by molar-refractivity contribution is 9.10. The summed E-state index contributed by atoms with van der Waals surface area (Å²) in [6, 6.07) is 5.68. The molecule has 5 heteroatoms. The van der Waals surface area contributed by atoms with Gasteiger partial charge >= 0.3 is 5.97 Å². The predicted octanol–water partition coefficient (Wildman–Crippen LogP) is 4.08. The van der Waals surface area contributed by atoms with E-state index in [1.165, 1.54) is 0 Å². The van der Waals surface area contributed by atoms with Crippen molar-refractivity contribution in [3.8, 4) is 5.75 Å². The molecule has 0 aliphatic carbocycles. The van der Waals surface area contributed by atoms with E-state index in [4.69, 9.17) is 9.47 Å². The minimum Gasteiger partial charge on any atom is -0.491 e. The highest BCUT2D eigenvalue weighted by Gasteiger charge is 2.30. The quantitative estimate of drug-likeness (QED) is 0.746. The number of hydrogen-bond donors (Lipinski definition) is 1. The molecule has 0 aliphatic rings. The second-order valence-electron chi connectivity index (χ2n) is 6.04. The fourth-order valence-corrected chi connectivity index (χ4v) is 2.70. The first-order chi connectivity index (χ1) is 9.75. The highest BCUT2D eigenvalue weighted by atomic mass is 79.9. The molecule has 0 aliphatic heterocycles. The Morgan fingerprint density at radius 2 is 2.00 bits per heavy atom. The van der Waals surface area contributed by atoms with Crippen LogP contribution in [0, 0.1) is 5.41 Å². The van der Waals surface area contributed by atoms with E-state index in [1.807, 2.05) is 39.0 Å². The minimum absolute atomic E-state index is 0.0869. The van der Waals surface area contributed by atoms with Gasteiger partial charge in [0.2, 0.25) is 0 Å². The summed E-state index contributed by atoms with van der Waals surface area (Å²) in [7, 11) is 1.62. The number of carbonyl (C=O) groups is 1. The van der Waals surface area contributed by atoms with Crippen molar-refractivity contribution in [3.63, 3.8) is 0 Å². The van der Waals surface area contributed by atoms with Crippen molar-refractivity contribution in [3.05, 3.63) is 28.2 Å². The normalized spacial score (nSPS) is 13.0. The lowest BCUT2D eigenvalue weighted by Crippen LogP contribution is -2.22. The van der Waals surface area contributed by atoms with Gasteiger partial charge in [0.25, 0.3) is 0 Å². The Morgan fingerprint density at radius 3 is 2.52 bits per heavy atom. The molecule has 118 valence electrons. The molecule has 21 heavy (non-hydrogen) atoms. The minimum atomic E-state index is -0.799. The lowest BCUT2D eigenvalue weighted by Gasteiger charge is -2.31. The van der Waals surface area contributed by atoms with Crippen molar-refractivity contribution >= 4 is 21.9 Å². The number of methoxy groups -OCH3 is 1. The average Bonchev–Trinajstić information content (AvgIpc) is 2.37. The van der Waals surface area contributed by atoms with Gasteiger partial charge in [-0.3, -0.25) is 4.79 Å². The molecule has 1 unspecified atom stereocenters. The molecular weight excluding hydrogens is 336 g/mol. The van der Waals surface area contributed by atoms with Crippen LogP contribution in [0.2, 0.25) is 0 Å². The average molecular weight is 359 g/mol. The summed E-state index contributed by atoms with van der Waals surface area (Å²) in [5.74, 6) is -0.173. The van der Waals surface area contributed by atoms with E-state index in [0.29, 0.717) is 13.2 Å². The van der Waals surface area contributed by atoms with Crippen molar-refractivity contribution in [1.82, 2.24) is 0 Å². The van der Waals surface area contributed by atoms with Crippen LogP contribution in [-0.2, 0) is 9.53 Å². The standard InChI is InChI=1S/C16H23BrO4/c1-16(2,3)13(10-15(18)19)12-9-11(5-6-14(12)17)21-8-7-20-4/h5-6,9,13H,7-8,10H2,1-4H3,(H,18,19). The number of benzene rings is 1. The van der Waals surface area contributed by atoms with Gasteiger partial charge in [0.05, 0.1) is 13.0 Å². The van der Waals surface area contributed by atoms with Gasteiger partial charge < -0.3 is 14.6 Å². The van der Waals surface area contributed by atoms with E-state index < -0.39 is 5.97 Å². The summed E-state index contributed by atoms with van der Waals surface area (Å²) >= 11 is 3.52. The van der Waals surface area contributed by atoms with Crippen molar-refractivity contribution in [2.24, 2.45) is 5.41 Å². The summed E-state index contributed by atoms with van der Waals surface area (Å²) < 4.78 is 11.5. The number of hydrogen-bond acceptors (Lipinski definition) is 3. The summed E-state index contributed by atoms with van der Waals surface area (Å²) in [5, 5.41) is 9.18. The van der Waals surface area contributed by atoms with Crippen LogP contribution in [0.25, 0.3) is 0 Å². The molecule has 0 radical (unpaired) electrons. The number of halogens is 1. The maximum absolute atomic E-state index is 11.2. The van der Waals surface area contributed by atoms with Crippen LogP contribution in [0.5, 0.6) is 5.75 Å². The molecule has 1 atom stereocenters. The lowest BCUT2D eigenvalue weighted by molar-refractivity contribution is -0.138. The predicted molar refractivity (Wildman–Crippen MR) is 86.0 cm³/mol. The molecule has 0 saturated heterocycles. The van der Waals surface area contributed by atoms with Gasteiger partial charge in [-0.15, -0.1) is 0 Å². The maximum atomic E-state index is 11.2. The second kappa shape index (κ2) is 7.80. The zero-order valence-electron chi connectivity index (χ0n) is 13.0. The third kappa shape index (κ3) is 5.67. The van der Waals surface area contributed by atoms with Crippen molar-refractivity contribution in [2.75, 3.05) is 20.3 Å². The zero-order valence-corrected chi connectivity index (χ0v) is 14.6. The van der Waals surface area contributed by atoms with E-state index in [0.717, 1.165) is 15.8 Å². The Kier molecular flexibility index (Phi) is 6.68. The topological polar surface area (TPSA) is 55.8 Å². The molecule has 1 aromatic carbocycles. The largest absolute Gasteiger partial charge is 0.491 e. The highest BCUT2D eigenvalue weighted by Crippen LogP contribution is 2.42. The van der Waals surface area contributed by atoms with Gasteiger partial charge in [-0.25, -0.2) is 0 Å². The summed E-state index contributed by atoms with van der Waals surface area (Å²) in [6.07, 6.45) is 0.0869. The lowest BCUT2D eigenvalue weighted by atomic mass is 9.74. The van der Waals surface area contributed by atoms with Gasteiger partial charge in [-0.2, -0.15) is 0 Å². The Balaban J connectivity index is 3.06. The summed E-state index contributed by atoms with van der Waals surface area (Å²) in [4.78, 5) is 11.2. The van der Waals surface area contributed by atoms with Gasteiger partial charge in [0.1, 0.15) is 12.4 Å². The number of aliphatic carboxylic acids is 1. The fraction of sp³-hybridized carbons (Fsp3) is 0.562. The van der Waals surface area contributed by atoms with Crippen molar-refractivity contribution in [2.45, 2.75) is 33.1 Å². The van der Waals surface area contributed by atoms with Gasteiger partial charge in [-0.05, 0) is 29.2 Å². The molecule has 0 aromatic heterocycles. The van der Waals surface area contributed by atoms with Gasteiger partial charge in [-0.1, -0.05) is 36.7 Å². The third-order valence-electron chi connectivity index (χ3n) is 3.32. The number of carboxylic acids is 1. The molecule has 0 heterocycles. The van der Waals surface area contributed by atoms with E-state index in [9.17, 15) is 9.90 Å². The van der Waals surface area contributed by atoms with Gasteiger partial charge in [0.15, 0.2) is 0 Å². The zero-order chi connectivity index (χ0) is 16.0. The molecule has 1 rings (SSSR count). The van der Waals surface area contributed by atoms with Crippen molar-refractivity contribution in [1.29, 1.82) is 0 Å². The monoisotopic (exact) mass is 358 g/mol. The molecule has 0 bridgehead atoms. The van der Waals surface area contributed by atoms with Crippen LogP contribution in [0.15, 0.2) is 22.7 Å². The SMILES string of the molecule is COCCOc1ccc(Br)c(C(CC(=O)O)C(C)(C)C)c1. The molecule has 1 aromatic rings. The summed E-state index contributed by atoms with van der Waals surface area (Å²) in [5.41, 5.74) is 0.798. The van der Waals surface area contributed by atoms with E-state index >= 15 is 0 Å². The van der Waals surface area contributed by atoms with E-state index in [-0.39, 0.29) is 17.8 Å². The molecule has 0 saturated carbocycles. The van der Waals surface area contributed by atoms with Crippen LogP contribution in [-0.4, -0.2) is 31.4 Å². The molecular formula is C16H23BrO4. The maximum Gasteiger partial charge on any atom is 0.303 e. The Morgan fingerprint density at radius 1 is 1.33 bits per heavy atom. The van der Waals surface area contributed by atoms with Crippen LogP contribution >= 0.6 is 15.9 Å². The first-order valence-electron chi connectivity index (χ1n) is 6.88. The first-order valence-corrected chi connectivity index (χ1v) is 7.68. The smallest absolute Gasteiger partial charge is 0.303 e. The van der Waals surface area contributed by atoms with Crippen LogP contribution in [0.3, 0.4) is 0 Å². The first kappa shape index (κ1) is 18.0. The molecule has 4 nitrogen and oxygen atoms in total. The van der Waals surface area contributed by atoms with Crippen LogP contribution in [0.4, 0.5) is 0 Å². The molecule has 0 amide bonds. The molecule has 0 spiro atoms. The van der Waals surface area contributed by atoms with Crippen LogP contribution < -0.4 is 4.74 Å². The Labute approximate surface area is 134 Å². The summed E-state index contributed by atoms with van der Waals surface area (Å²) in [6.45, 7) is 7.13. The number of ether oxygens (including phenoxy) is 2. The number of rotatable bonds is 7. The third-order valence-corrected chi connectivity index (χ3v) is 4.05. The second-order valence-corrected chi connectivity index (χ2v) is 6.90. The van der Waals surface area contributed by atoms with Crippen LogP contribution in [0.1, 0.15) is 38.7 Å². The van der Waals surface area contributed by atoms with E-state index in [1.54, 1.807) is 7.11 Å². The Hall–Kier alpha value is -1.07. The van der Waals surface area contributed by atoms with Gasteiger partial charge in [0, 0.05) is 17.5 Å². The van der Waals surface area contributed by atoms with E-state index in [2.05, 4.69) is 15.9 Å².